The van der Waals surface area contributed by atoms with Crippen LogP contribution in [0, 0.1) is 13.8 Å². The van der Waals surface area contributed by atoms with E-state index >= 15 is 0 Å². The molecule has 0 amide bonds. The standard InChI is InChI=1S/C18H14Cl2N4O/c1-11-3-6-14(7-4-11)24-12(2)17(22-23-24)15(25)8-5-13-9-10-21-18(20)16(13)19/h3-10H,1-2H3/b8-5+. The highest BCUT2D eigenvalue weighted by Gasteiger charge is 2.15. The molecule has 2 heterocycles. The summed E-state index contributed by atoms with van der Waals surface area (Å²) in [5, 5.41) is 8.58. The van der Waals surface area contributed by atoms with Gasteiger partial charge in [-0.05, 0) is 49.8 Å². The Labute approximate surface area is 154 Å². The second-order valence-corrected chi connectivity index (χ2v) is 6.21. The highest BCUT2D eigenvalue weighted by atomic mass is 35.5. The summed E-state index contributed by atoms with van der Waals surface area (Å²) in [6.07, 6.45) is 4.51. The number of rotatable bonds is 4. The summed E-state index contributed by atoms with van der Waals surface area (Å²) in [6.45, 7) is 3.81. The Hall–Kier alpha value is -2.50. The molecule has 2 aromatic heterocycles. The van der Waals surface area contributed by atoms with E-state index in [0.29, 0.717) is 16.3 Å². The summed E-state index contributed by atoms with van der Waals surface area (Å²) in [5.41, 5.74) is 3.56. The highest BCUT2D eigenvalue weighted by molar-refractivity contribution is 6.42. The molecule has 126 valence electrons. The molecule has 0 aliphatic rings. The number of ketones is 1. The molecule has 3 rings (SSSR count). The Balaban J connectivity index is 1.87. The zero-order valence-electron chi connectivity index (χ0n) is 13.6. The van der Waals surface area contributed by atoms with Gasteiger partial charge in [0.05, 0.1) is 16.4 Å². The lowest BCUT2D eigenvalue weighted by molar-refractivity contribution is 0.104. The summed E-state index contributed by atoms with van der Waals surface area (Å²) >= 11 is 11.9. The van der Waals surface area contributed by atoms with E-state index in [1.807, 2.05) is 31.2 Å². The maximum Gasteiger partial charge on any atom is 0.208 e. The average Bonchev–Trinajstić information content (AvgIpc) is 2.98. The molecule has 0 aliphatic heterocycles. The Kier molecular flexibility index (Phi) is 4.97. The minimum absolute atomic E-state index is 0.192. The third-order valence-corrected chi connectivity index (χ3v) is 4.48. The summed E-state index contributed by atoms with van der Waals surface area (Å²) in [6, 6.07) is 9.49. The maximum absolute atomic E-state index is 12.4. The molecule has 25 heavy (non-hydrogen) atoms. The molecule has 5 nitrogen and oxygen atoms in total. The Morgan fingerprint density at radius 3 is 2.56 bits per heavy atom. The molecule has 0 N–H and O–H groups in total. The Bertz CT molecular complexity index is 962. The molecule has 0 atom stereocenters. The maximum atomic E-state index is 12.4. The summed E-state index contributed by atoms with van der Waals surface area (Å²) in [7, 11) is 0. The minimum Gasteiger partial charge on any atom is -0.287 e. The fourth-order valence-electron chi connectivity index (χ4n) is 2.29. The Morgan fingerprint density at radius 2 is 1.84 bits per heavy atom. The van der Waals surface area contributed by atoms with Gasteiger partial charge in [0.1, 0.15) is 5.15 Å². The minimum atomic E-state index is -0.264. The van der Waals surface area contributed by atoms with Crippen molar-refractivity contribution in [3.63, 3.8) is 0 Å². The number of halogens is 2. The first-order chi connectivity index (χ1) is 12.0. The zero-order valence-corrected chi connectivity index (χ0v) is 15.1. The molecular formula is C18H14Cl2N4O. The lowest BCUT2D eigenvalue weighted by atomic mass is 10.1. The van der Waals surface area contributed by atoms with Crippen molar-refractivity contribution in [2.45, 2.75) is 13.8 Å². The van der Waals surface area contributed by atoms with Gasteiger partial charge in [-0.1, -0.05) is 46.1 Å². The quantitative estimate of drug-likeness (QED) is 0.384. The van der Waals surface area contributed by atoms with Gasteiger partial charge in [0.15, 0.2) is 5.69 Å². The van der Waals surface area contributed by atoms with Crippen molar-refractivity contribution in [1.29, 1.82) is 0 Å². The van der Waals surface area contributed by atoms with Crippen LogP contribution in [0.4, 0.5) is 0 Å². The molecule has 0 aliphatic carbocycles. The number of hydrogen-bond acceptors (Lipinski definition) is 4. The number of aromatic nitrogens is 4. The predicted octanol–water partition coefficient (Wildman–Crippen LogP) is 4.48. The summed E-state index contributed by atoms with van der Waals surface area (Å²) in [5.74, 6) is -0.264. The molecule has 0 saturated heterocycles. The number of benzene rings is 1. The van der Waals surface area contributed by atoms with Gasteiger partial charge in [0, 0.05) is 6.20 Å². The van der Waals surface area contributed by atoms with Gasteiger partial charge in [-0.2, -0.15) is 0 Å². The van der Waals surface area contributed by atoms with E-state index in [-0.39, 0.29) is 16.6 Å². The van der Waals surface area contributed by atoms with Crippen molar-refractivity contribution in [3.8, 4) is 5.69 Å². The van der Waals surface area contributed by atoms with E-state index < -0.39 is 0 Å². The van der Waals surface area contributed by atoms with E-state index in [1.54, 1.807) is 23.7 Å². The first-order valence-corrected chi connectivity index (χ1v) is 8.24. The van der Waals surface area contributed by atoms with E-state index in [2.05, 4.69) is 15.3 Å². The number of carbonyl (C=O) groups excluding carboxylic acids is 1. The molecular weight excluding hydrogens is 359 g/mol. The molecule has 3 aromatic rings. The average molecular weight is 373 g/mol. The van der Waals surface area contributed by atoms with Crippen LogP contribution in [0.5, 0.6) is 0 Å². The van der Waals surface area contributed by atoms with Crippen molar-refractivity contribution >= 4 is 35.1 Å². The first kappa shape index (κ1) is 17.3. The number of aryl methyl sites for hydroxylation is 1. The number of pyridine rings is 1. The normalized spacial score (nSPS) is 11.2. The third kappa shape index (κ3) is 3.62. The van der Waals surface area contributed by atoms with E-state index in [4.69, 9.17) is 23.2 Å². The molecule has 7 heteroatoms. The van der Waals surface area contributed by atoms with Crippen LogP contribution in [0.1, 0.15) is 27.3 Å². The van der Waals surface area contributed by atoms with Gasteiger partial charge in [-0.15, -0.1) is 5.10 Å². The second kappa shape index (κ2) is 7.17. The van der Waals surface area contributed by atoms with E-state index in [9.17, 15) is 4.79 Å². The molecule has 0 unspecified atom stereocenters. The van der Waals surface area contributed by atoms with Crippen molar-refractivity contribution in [1.82, 2.24) is 20.0 Å². The van der Waals surface area contributed by atoms with Crippen LogP contribution in [0.3, 0.4) is 0 Å². The summed E-state index contributed by atoms with van der Waals surface area (Å²) < 4.78 is 1.64. The van der Waals surface area contributed by atoms with Gasteiger partial charge in [-0.25, -0.2) is 9.67 Å². The fraction of sp³-hybridized carbons (Fsp3) is 0.111. The van der Waals surface area contributed by atoms with Crippen LogP contribution in [-0.4, -0.2) is 25.8 Å². The molecule has 0 radical (unpaired) electrons. The largest absolute Gasteiger partial charge is 0.287 e. The smallest absolute Gasteiger partial charge is 0.208 e. The number of hydrogen-bond donors (Lipinski definition) is 0. The zero-order chi connectivity index (χ0) is 18.0. The van der Waals surface area contributed by atoms with E-state index in [1.165, 1.54) is 12.3 Å². The molecule has 0 fully saturated rings. The first-order valence-electron chi connectivity index (χ1n) is 7.49. The van der Waals surface area contributed by atoms with Crippen molar-refractivity contribution in [2.24, 2.45) is 0 Å². The van der Waals surface area contributed by atoms with Crippen molar-refractivity contribution in [3.05, 3.63) is 75.3 Å². The molecule has 1 aromatic carbocycles. The lowest BCUT2D eigenvalue weighted by Crippen LogP contribution is -2.02. The van der Waals surface area contributed by atoms with Gasteiger partial charge < -0.3 is 0 Å². The van der Waals surface area contributed by atoms with Crippen LogP contribution < -0.4 is 0 Å². The number of carbonyl (C=O) groups is 1. The van der Waals surface area contributed by atoms with Crippen LogP contribution >= 0.6 is 23.2 Å². The van der Waals surface area contributed by atoms with Crippen molar-refractivity contribution < 1.29 is 4.79 Å². The third-order valence-electron chi connectivity index (χ3n) is 3.70. The second-order valence-electron chi connectivity index (χ2n) is 5.47. The highest BCUT2D eigenvalue weighted by Crippen LogP contribution is 2.24. The van der Waals surface area contributed by atoms with Crippen LogP contribution in [0.15, 0.2) is 42.6 Å². The molecule has 0 saturated carbocycles. The number of nitrogens with zero attached hydrogens (tertiary/aromatic N) is 4. The van der Waals surface area contributed by atoms with E-state index in [0.717, 1.165) is 11.3 Å². The summed E-state index contributed by atoms with van der Waals surface area (Å²) in [4.78, 5) is 16.3. The lowest BCUT2D eigenvalue weighted by Gasteiger charge is -2.03. The van der Waals surface area contributed by atoms with Crippen LogP contribution in [0.2, 0.25) is 10.2 Å². The van der Waals surface area contributed by atoms with Gasteiger partial charge >= 0.3 is 0 Å². The van der Waals surface area contributed by atoms with Gasteiger partial charge in [0.25, 0.3) is 0 Å². The predicted molar refractivity (Wildman–Crippen MR) is 98.5 cm³/mol. The SMILES string of the molecule is Cc1ccc(-n2nnc(C(=O)/C=C/c3ccnc(Cl)c3Cl)c2C)cc1. The number of allylic oxidation sites excluding steroid dienone is 1. The monoisotopic (exact) mass is 372 g/mol. The molecule has 0 spiro atoms. The topological polar surface area (TPSA) is 60.7 Å². The van der Waals surface area contributed by atoms with Crippen LogP contribution in [0.25, 0.3) is 11.8 Å². The van der Waals surface area contributed by atoms with Gasteiger partial charge in [0.2, 0.25) is 5.78 Å². The fourth-order valence-corrected chi connectivity index (χ4v) is 2.63. The molecule has 0 bridgehead atoms. The van der Waals surface area contributed by atoms with Gasteiger partial charge in [-0.3, -0.25) is 4.79 Å². The van der Waals surface area contributed by atoms with Crippen LogP contribution in [-0.2, 0) is 0 Å². The Morgan fingerprint density at radius 1 is 1.12 bits per heavy atom. The van der Waals surface area contributed by atoms with Crippen molar-refractivity contribution in [2.75, 3.05) is 0 Å².